The Bertz CT molecular complexity index is 1070. The summed E-state index contributed by atoms with van der Waals surface area (Å²) in [6, 6.07) is 9.79. The summed E-state index contributed by atoms with van der Waals surface area (Å²) < 4.78 is 40.2. The highest BCUT2D eigenvalue weighted by Crippen LogP contribution is 2.44. The normalized spacial score (nSPS) is 18.5. The first-order valence-electron chi connectivity index (χ1n) is 10.2. The summed E-state index contributed by atoms with van der Waals surface area (Å²) in [4.78, 5) is 15.6. The molecule has 0 saturated heterocycles. The maximum Gasteiger partial charge on any atom is 0.248 e. The van der Waals surface area contributed by atoms with Crippen LogP contribution in [-0.4, -0.2) is 25.6 Å². The summed E-state index contributed by atoms with van der Waals surface area (Å²) in [5.74, 6) is -0.816. The number of carbonyl (C=O) groups is 1. The molecule has 0 unspecified atom stereocenters. The molecule has 1 saturated carbocycles. The molecule has 1 aliphatic heterocycles. The molecule has 0 radical (unpaired) electrons. The second-order valence-corrected chi connectivity index (χ2v) is 10.5. The van der Waals surface area contributed by atoms with E-state index in [1.165, 1.54) is 17.0 Å². The highest BCUT2D eigenvalue weighted by molar-refractivity contribution is 7.93. The Labute approximate surface area is 171 Å². The summed E-state index contributed by atoms with van der Waals surface area (Å²) in [6.07, 6.45) is 3.50. The van der Waals surface area contributed by atoms with E-state index in [-0.39, 0.29) is 4.90 Å². The predicted molar refractivity (Wildman–Crippen MR) is 111 cm³/mol. The minimum Gasteiger partial charge on any atom is -0.311 e. The van der Waals surface area contributed by atoms with Crippen molar-refractivity contribution in [2.75, 3.05) is 11.4 Å². The fraction of sp³-hybridized carbons (Fsp3) is 0.435. The van der Waals surface area contributed by atoms with Crippen LogP contribution in [0.3, 0.4) is 0 Å². The molecule has 0 N–H and O–H groups in total. The van der Waals surface area contributed by atoms with E-state index < -0.39 is 26.3 Å². The van der Waals surface area contributed by atoms with Gasteiger partial charge >= 0.3 is 0 Å². The van der Waals surface area contributed by atoms with E-state index in [1.54, 1.807) is 25.1 Å². The number of aryl methyl sites for hydroxylation is 3. The first-order chi connectivity index (χ1) is 13.8. The molecule has 4 rings (SSSR count). The molecule has 2 aliphatic rings. The molecule has 0 atom stereocenters. The van der Waals surface area contributed by atoms with Crippen LogP contribution in [0.25, 0.3) is 0 Å². The van der Waals surface area contributed by atoms with E-state index >= 15 is 0 Å². The largest absolute Gasteiger partial charge is 0.311 e. The van der Waals surface area contributed by atoms with Crippen molar-refractivity contribution in [1.82, 2.24) is 0 Å². The van der Waals surface area contributed by atoms with Gasteiger partial charge in [-0.05, 0) is 74.4 Å². The first-order valence-corrected chi connectivity index (χ1v) is 11.7. The molecule has 2 aromatic rings. The zero-order valence-electron chi connectivity index (χ0n) is 16.9. The van der Waals surface area contributed by atoms with Crippen molar-refractivity contribution in [3.8, 4) is 0 Å². The van der Waals surface area contributed by atoms with Crippen molar-refractivity contribution in [3.63, 3.8) is 0 Å². The molecule has 154 valence electrons. The van der Waals surface area contributed by atoms with Crippen LogP contribution in [0.15, 0.2) is 41.3 Å². The fourth-order valence-electron chi connectivity index (χ4n) is 4.76. The molecule has 1 fully saturated rings. The van der Waals surface area contributed by atoms with Crippen molar-refractivity contribution in [3.05, 3.63) is 58.9 Å². The molecule has 1 aliphatic carbocycles. The predicted octanol–water partition coefficient (Wildman–Crippen LogP) is 4.51. The minimum atomic E-state index is -3.90. The van der Waals surface area contributed by atoms with Gasteiger partial charge in [0.15, 0.2) is 14.6 Å². The van der Waals surface area contributed by atoms with Gasteiger partial charge in [-0.1, -0.05) is 31.0 Å². The zero-order chi connectivity index (χ0) is 20.8. The Balaban J connectivity index is 1.84. The van der Waals surface area contributed by atoms with Crippen molar-refractivity contribution >= 4 is 21.4 Å². The molecular weight excluding hydrogens is 389 g/mol. The number of amides is 1. The number of carbonyl (C=O) groups excluding carboxylic acids is 1. The highest BCUT2D eigenvalue weighted by atomic mass is 32.2. The van der Waals surface area contributed by atoms with Crippen molar-refractivity contribution in [2.24, 2.45) is 0 Å². The van der Waals surface area contributed by atoms with Gasteiger partial charge in [0.05, 0.1) is 4.90 Å². The summed E-state index contributed by atoms with van der Waals surface area (Å²) in [7, 11) is -3.90. The van der Waals surface area contributed by atoms with Gasteiger partial charge < -0.3 is 4.90 Å². The number of fused-ring (bicyclic) bond motifs is 1. The molecule has 6 heteroatoms. The Morgan fingerprint density at radius 1 is 1.03 bits per heavy atom. The van der Waals surface area contributed by atoms with Gasteiger partial charge in [-0.2, -0.15) is 0 Å². The van der Waals surface area contributed by atoms with Crippen molar-refractivity contribution in [1.29, 1.82) is 0 Å². The third kappa shape index (κ3) is 3.18. The van der Waals surface area contributed by atoms with Crippen LogP contribution in [0.1, 0.15) is 48.8 Å². The molecule has 2 aromatic carbocycles. The summed E-state index contributed by atoms with van der Waals surface area (Å²) >= 11 is 0. The van der Waals surface area contributed by atoms with Crippen LogP contribution in [-0.2, 0) is 21.1 Å². The number of rotatable bonds is 3. The third-order valence-electron chi connectivity index (χ3n) is 6.36. The van der Waals surface area contributed by atoms with Crippen LogP contribution >= 0.6 is 0 Å². The van der Waals surface area contributed by atoms with E-state index in [4.69, 9.17) is 0 Å². The standard InChI is InChI=1S/C23H26FNO3S/c1-16-7-8-17(2)21(14-16)29(27,28)23(11-3-4-12-23)22(26)25-13-5-6-18-9-10-19(24)15-20(18)25/h7-10,14-15H,3-6,11-13H2,1-2H3. The number of halogens is 1. The maximum absolute atomic E-state index is 13.9. The number of hydrogen-bond donors (Lipinski definition) is 0. The number of anilines is 1. The van der Waals surface area contributed by atoms with Crippen LogP contribution in [0.4, 0.5) is 10.1 Å². The Hall–Kier alpha value is -2.21. The van der Waals surface area contributed by atoms with E-state index in [2.05, 4.69) is 0 Å². The Morgan fingerprint density at radius 2 is 1.76 bits per heavy atom. The fourth-order valence-corrected chi connectivity index (χ4v) is 7.18. The quantitative estimate of drug-likeness (QED) is 0.741. The zero-order valence-corrected chi connectivity index (χ0v) is 17.7. The van der Waals surface area contributed by atoms with Gasteiger partial charge in [-0.15, -0.1) is 0 Å². The van der Waals surface area contributed by atoms with Crippen LogP contribution in [0, 0.1) is 19.7 Å². The van der Waals surface area contributed by atoms with Crippen LogP contribution < -0.4 is 4.90 Å². The van der Waals surface area contributed by atoms with E-state index in [0.29, 0.717) is 43.5 Å². The smallest absolute Gasteiger partial charge is 0.248 e. The van der Waals surface area contributed by atoms with Gasteiger partial charge in [-0.25, -0.2) is 12.8 Å². The number of sulfone groups is 1. The van der Waals surface area contributed by atoms with Gasteiger partial charge in [0, 0.05) is 12.2 Å². The second kappa shape index (κ2) is 7.24. The SMILES string of the molecule is Cc1ccc(C)c(S(=O)(=O)C2(C(=O)N3CCCc4ccc(F)cc43)CCCC2)c1. The monoisotopic (exact) mass is 415 g/mol. The van der Waals surface area contributed by atoms with Gasteiger partial charge in [0.25, 0.3) is 0 Å². The maximum atomic E-state index is 13.9. The molecule has 1 heterocycles. The van der Waals surface area contributed by atoms with E-state index in [9.17, 15) is 17.6 Å². The van der Waals surface area contributed by atoms with Gasteiger partial charge in [0.2, 0.25) is 5.91 Å². The average Bonchev–Trinajstić information content (AvgIpc) is 3.20. The third-order valence-corrected chi connectivity index (χ3v) is 8.99. The first kappa shape index (κ1) is 20.1. The number of hydrogen-bond acceptors (Lipinski definition) is 3. The van der Waals surface area contributed by atoms with Crippen molar-refractivity contribution in [2.45, 2.75) is 62.0 Å². The molecule has 29 heavy (non-hydrogen) atoms. The van der Waals surface area contributed by atoms with Crippen LogP contribution in [0.5, 0.6) is 0 Å². The topological polar surface area (TPSA) is 54.5 Å². The summed E-state index contributed by atoms with van der Waals surface area (Å²) in [5.41, 5.74) is 2.91. The minimum absolute atomic E-state index is 0.240. The van der Waals surface area contributed by atoms with Crippen LogP contribution in [0.2, 0.25) is 0 Å². The lowest BCUT2D eigenvalue weighted by atomic mass is 9.98. The molecule has 0 spiro atoms. The Morgan fingerprint density at radius 3 is 2.48 bits per heavy atom. The van der Waals surface area contributed by atoms with E-state index in [1.807, 2.05) is 13.0 Å². The Kier molecular flexibility index (Phi) is 5.01. The number of nitrogens with zero attached hydrogens (tertiary/aromatic N) is 1. The van der Waals surface area contributed by atoms with Crippen molar-refractivity contribution < 1.29 is 17.6 Å². The molecular formula is C23H26FNO3S. The molecule has 0 aromatic heterocycles. The molecule has 4 nitrogen and oxygen atoms in total. The molecule has 0 bridgehead atoms. The lowest BCUT2D eigenvalue weighted by Crippen LogP contribution is -2.54. The summed E-state index contributed by atoms with van der Waals surface area (Å²) in [5, 5.41) is 0. The van der Waals surface area contributed by atoms with Gasteiger partial charge in [-0.3, -0.25) is 4.79 Å². The average molecular weight is 416 g/mol. The number of benzene rings is 2. The van der Waals surface area contributed by atoms with Gasteiger partial charge in [0.1, 0.15) is 5.82 Å². The second-order valence-electron chi connectivity index (χ2n) is 8.31. The molecule has 1 amide bonds. The summed E-state index contributed by atoms with van der Waals surface area (Å²) in [6.45, 7) is 4.04. The van der Waals surface area contributed by atoms with E-state index in [0.717, 1.165) is 24.0 Å². The lowest BCUT2D eigenvalue weighted by Gasteiger charge is -2.37. The highest BCUT2D eigenvalue weighted by Gasteiger charge is 2.55. The lowest BCUT2D eigenvalue weighted by molar-refractivity contribution is -0.121.